The van der Waals surface area contributed by atoms with Gasteiger partial charge in [-0.1, -0.05) is 6.42 Å². The third-order valence-corrected chi connectivity index (χ3v) is 4.26. The number of aliphatic hydroxyl groups excluding tert-OH is 1. The summed E-state index contributed by atoms with van der Waals surface area (Å²) in [5.41, 5.74) is 0.647. The molecule has 2 amide bonds. The van der Waals surface area contributed by atoms with Gasteiger partial charge in [-0.15, -0.1) is 0 Å². The van der Waals surface area contributed by atoms with E-state index in [1.165, 1.54) is 0 Å². The molecule has 0 saturated heterocycles. The van der Waals surface area contributed by atoms with Gasteiger partial charge in [0.25, 0.3) is 0 Å². The number of hydrogen-bond acceptors (Lipinski definition) is 3. The van der Waals surface area contributed by atoms with Crippen LogP contribution in [0.15, 0.2) is 22.7 Å². The molecule has 0 bridgehead atoms. The maximum Gasteiger partial charge on any atom is 0.319 e. The van der Waals surface area contributed by atoms with Crippen LogP contribution in [0.25, 0.3) is 0 Å². The molecule has 0 aromatic heterocycles. The molecule has 1 fully saturated rings. The molecule has 2 rings (SSSR count). The number of amides is 2. The number of nitrogens with one attached hydrogen (secondary N) is 2. The molecule has 1 saturated carbocycles. The molecule has 0 spiro atoms. The van der Waals surface area contributed by atoms with Crippen LogP contribution in [0.1, 0.15) is 19.3 Å². The third kappa shape index (κ3) is 3.86. The fourth-order valence-corrected chi connectivity index (χ4v) is 2.72. The number of carbonyl (C=O) groups is 1. The number of ether oxygens (including phenoxy) is 1. The van der Waals surface area contributed by atoms with E-state index in [-0.39, 0.29) is 18.1 Å². The number of hydrogen-bond donors (Lipinski definition) is 3. The lowest BCUT2D eigenvalue weighted by molar-refractivity contribution is 0.133. The monoisotopic (exact) mass is 342 g/mol. The lowest BCUT2D eigenvalue weighted by atomic mass is 10.1. The predicted molar refractivity (Wildman–Crippen MR) is 81.1 cm³/mol. The van der Waals surface area contributed by atoms with Crippen LogP contribution in [-0.2, 0) is 0 Å². The first-order valence-corrected chi connectivity index (χ1v) is 7.46. The molecule has 1 aliphatic rings. The second kappa shape index (κ2) is 6.95. The summed E-state index contributed by atoms with van der Waals surface area (Å²) in [6.07, 6.45) is 2.52. The molecule has 6 heteroatoms. The molecule has 2 atom stereocenters. The molecule has 0 aliphatic heterocycles. The Balaban J connectivity index is 1.87. The summed E-state index contributed by atoms with van der Waals surface area (Å²) in [4.78, 5) is 11.9. The van der Waals surface area contributed by atoms with E-state index in [1.807, 2.05) is 12.1 Å². The second-order valence-electron chi connectivity index (χ2n) is 4.94. The average molecular weight is 343 g/mol. The van der Waals surface area contributed by atoms with Crippen molar-refractivity contribution in [3.05, 3.63) is 22.7 Å². The van der Waals surface area contributed by atoms with Crippen LogP contribution in [-0.4, -0.2) is 30.9 Å². The van der Waals surface area contributed by atoms with Crippen molar-refractivity contribution >= 4 is 27.6 Å². The zero-order chi connectivity index (χ0) is 14.5. The largest absolute Gasteiger partial charge is 0.497 e. The molecule has 20 heavy (non-hydrogen) atoms. The fourth-order valence-electron chi connectivity index (χ4n) is 2.37. The van der Waals surface area contributed by atoms with Crippen molar-refractivity contribution in [2.75, 3.05) is 19.0 Å². The van der Waals surface area contributed by atoms with Gasteiger partial charge in [0.05, 0.1) is 18.9 Å². The van der Waals surface area contributed by atoms with Crippen LogP contribution in [0.3, 0.4) is 0 Å². The van der Waals surface area contributed by atoms with E-state index in [2.05, 4.69) is 26.6 Å². The average Bonchev–Trinajstić information content (AvgIpc) is 2.84. The quantitative estimate of drug-likeness (QED) is 0.787. The van der Waals surface area contributed by atoms with Gasteiger partial charge in [-0.05, 0) is 40.9 Å². The Hall–Kier alpha value is -1.27. The first-order valence-electron chi connectivity index (χ1n) is 6.66. The minimum atomic E-state index is -0.293. The van der Waals surface area contributed by atoms with Crippen LogP contribution in [0.4, 0.5) is 10.5 Å². The SMILES string of the molecule is COc1ccc(Br)c(NC(=O)NC[C@@H]2CCC[C@H]2O)c1. The number of anilines is 1. The summed E-state index contributed by atoms with van der Waals surface area (Å²) >= 11 is 3.38. The number of urea groups is 1. The molecule has 110 valence electrons. The predicted octanol–water partition coefficient (Wildman–Crippen LogP) is 2.74. The van der Waals surface area contributed by atoms with E-state index in [0.29, 0.717) is 18.0 Å². The van der Waals surface area contributed by atoms with Gasteiger partial charge in [-0.3, -0.25) is 0 Å². The van der Waals surface area contributed by atoms with Gasteiger partial charge >= 0.3 is 6.03 Å². The second-order valence-corrected chi connectivity index (χ2v) is 5.79. The van der Waals surface area contributed by atoms with E-state index in [1.54, 1.807) is 13.2 Å². The van der Waals surface area contributed by atoms with Crippen molar-refractivity contribution in [1.29, 1.82) is 0 Å². The maximum atomic E-state index is 11.9. The highest BCUT2D eigenvalue weighted by molar-refractivity contribution is 9.10. The van der Waals surface area contributed by atoms with Gasteiger partial charge in [0.1, 0.15) is 5.75 Å². The van der Waals surface area contributed by atoms with Crippen molar-refractivity contribution in [1.82, 2.24) is 5.32 Å². The van der Waals surface area contributed by atoms with E-state index in [0.717, 1.165) is 23.7 Å². The topological polar surface area (TPSA) is 70.6 Å². The van der Waals surface area contributed by atoms with Crippen molar-refractivity contribution in [2.24, 2.45) is 5.92 Å². The van der Waals surface area contributed by atoms with Gasteiger partial charge in [0, 0.05) is 23.0 Å². The summed E-state index contributed by atoms with van der Waals surface area (Å²) in [7, 11) is 1.58. The van der Waals surface area contributed by atoms with Crippen molar-refractivity contribution < 1.29 is 14.6 Å². The first kappa shape index (κ1) is 15.1. The molecule has 3 N–H and O–H groups in total. The van der Waals surface area contributed by atoms with Gasteiger partial charge in [0.2, 0.25) is 0 Å². The van der Waals surface area contributed by atoms with Crippen molar-refractivity contribution in [3.63, 3.8) is 0 Å². The van der Waals surface area contributed by atoms with E-state index < -0.39 is 0 Å². The molecule has 1 aliphatic carbocycles. The van der Waals surface area contributed by atoms with Crippen LogP contribution < -0.4 is 15.4 Å². The minimum Gasteiger partial charge on any atom is -0.497 e. The minimum absolute atomic E-state index is 0.162. The Morgan fingerprint density at radius 2 is 2.30 bits per heavy atom. The normalized spacial score (nSPS) is 21.6. The highest BCUT2D eigenvalue weighted by Gasteiger charge is 2.25. The Morgan fingerprint density at radius 1 is 1.50 bits per heavy atom. The van der Waals surface area contributed by atoms with E-state index in [4.69, 9.17) is 4.74 Å². The Labute approximate surface area is 126 Å². The summed E-state index contributed by atoms with van der Waals surface area (Å²) in [5, 5.41) is 15.3. The number of benzene rings is 1. The van der Waals surface area contributed by atoms with E-state index in [9.17, 15) is 9.90 Å². The summed E-state index contributed by atoms with van der Waals surface area (Å²) < 4.78 is 5.91. The molecular formula is C14H19BrN2O3. The van der Waals surface area contributed by atoms with Crippen LogP contribution in [0.2, 0.25) is 0 Å². The van der Waals surface area contributed by atoms with Crippen LogP contribution in [0, 0.1) is 5.92 Å². The van der Waals surface area contributed by atoms with Crippen molar-refractivity contribution in [3.8, 4) is 5.75 Å². The fraction of sp³-hybridized carbons (Fsp3) is 0.500. The van der Waals surface area contributed by atoms with Crippen LogP contribution in [0.5, 0.6) is 5.75 Å². The number of rotatable bonds is 4. The Bertz CT molecular complexity index is 481. The third-order valence-electron chi connectivity index (χ3n) is 3.57. The zero-order valence-electron chi connectivity index (χ0n) is 11.4. The first-order chi connectivity index (χ1) is 9.60. The molecule has 0 unspecified atom stereocenters. The van der Waals surface area contributed by atoms with Gasteiger partial charge in [-0.2, -0.15) is 0 Å². The standard InChI is InChI=1S/C14H19BrN2O3/c1-20-10-5-6-11(15)12(7-10)17-14(19)16-8-9-3-2-4-13(9)18/h5-7,9,13,18H,2-4,8H2,1H3,(H2,16,17,19)/t9-,13+/m0/s1. The molecule has 1 aromatic carbocycles. The highest BCUT2D eigenvalue weighted by Crippen LogP contribution is 2.27. The Kier molecular flexibility index (Phi) is 5.25. The number of aliphatic hydroxyl groups is 1. The smallest absolute Gasteiger partial charge is 0.319 e. The molecule has 1 aromatic rings. The summed E-state index contributed by atoms with van der Waals surface area (Å²) in [6, 6.07) is 5.09. The molecule has 0 radical (unpaired) electrons. The van der Waals surface area contributed by atoms with Gasteiger partial charge < -0.3 is 20.5 Å². The lowest BCUT2D eigenvalue weighted by Crippen LogP contribution is -2.35. The molecular weight excluding hydrogens is 324 g/mol. The molecule has 0 heterocycles. The summed E-state index contributed by atoms with van der Waals surface area (Å²) in [6.45, 7) is 0.495. The number of halogens is 1. The summed E-state index contributed by atoms with van der Waals surface area (Å²) in [5.74, 6) is 0.837. The highest BCUT2D eigenvalue weighted by atomic mass is 79.9. The maximum absolute atomic E-state index is 11.9. The number of carbonyl (C=O) groups excluding carboxylic acids is 1. The van der Waals surface area contributed by atoms with Gasteiger partial charge in [-0.25, -0.2) is 4.79 Å². The Morgan fingerprint density at radius 3 is 2.95 bits per heavy atom. The van der Waals surface area contributed by atoms with Crippen LogP contribution >= 0.6 is 15.9 Å². The zero-order valence-corrected chi connectivity index (χ0v) is 12.9. The van der Waals surface area contributed by atoms with Crippen molar-refractivity contribution in [2.45, 2.75) is 25.4 Å². The lowest BCUT2D eigenvalue weighted by Gasteiger charge is -2.16. The van der Waals surface area contributed by atoms with Gasteiger partial charge in [0.15, 0.2) is 0 Å². The number of methoxy groups -OCH3 is 1. The van der Waals surface area contributed by atoms with E-state index >= 15 is 0 Å². The molecule has 5 nitrogen and oxygen atoms in total.